The smallest absolute Gasteiger partial charge is 0.231 e. The van der Waals surface area contributed by atoms with Gasteiger partial charge in [0.05, 0.1) is 11.6 Å². The molecule has 4 N–H and O–H groups in total. The second kappa shape index (κ2) is 9.58. The lowest BCUT2D eigenvalue weighted by atomic mass is 9.97. The molecule has 2 aliphatic heterocycles. The van der Waals surface area contributed by atoms with E-state index in [0.29, 0.717) is 24.2 Å². The average molecular weight is 501 g/mol. The number of H-pyrrole nitrogens is 1. The number of amides is 1. The summed E-state index contributed by atoms with van der Waals surface area (Å²) in [6.45, 7) is 4.06. The zero-order valence-electron chi connectivity index (χ0n) is 20.0. The number of fused-ring (bicyclic) bond motifs is 1. The Morgan fingerprint density at radius 1 is 1.11 bits per heavy atom. The number of piperazine rings is 1. The maximum Gasteiger partial charge on any atom is 0.231 e. The van der Waals surface area contributed by atoms with Crippen molar-refractivity contribution in [3.63, 3.8) is 0 Å². The fourth-order valence-electron chi connectivity index (χ4n) is 5.21. The summed E-state index contributed by atoms with van der Waals surface area (Å²) in [5.41, 5.74) is 12.6. The highest BCUT2D eigenvalue weighted by atomic mass is 35.5. The van der Waals surface area contributed by atoms with Gasteiger partial charge in [-0.1, -0.05) is 41.9 Å². The Bertz CT molecular complexity index is 1390. The van der Waals surface area contributed by atoms with E-state index in [0.717, 1.165) is 47.4 Å². The van der Waals surface area contributed by atoms with Gasteiger partial charge in [-0.3, -0.25) is 4.79 Å². The molecule has 2 fully saturated rings. The first kappa shape index (κ1) is 23.0. The third-order valence-corrected chi connectivity index (χ3v) is 7.53. The van der Waals surface area contributed by atoms with Crippen LogP contribution in [0.3, 0.4) is 0 Å². The Hall–Kier alpha value is -3.39. The molecule has 2 aromatic heterocycles. The lowest BCUT2D eigenvalue weighted by Crippen LogP contribution is -2.51. The van der Waals surface area contributed by atoms with Gasteiger partial charge in [0, 0.05) is 73.7 Å². The molecule has 8 heteroatoms. The number of anilines is 1. The van der Waals surface area contributed by atoms with Gasteiger partial charge in [0.25, 0.3) is 0 Å². The molecule has 184 valence electrons. The van der Waals surface area contributed by atoms with Crippen molar-refractivity contribution in [2.24, 2.45) is 5.73 Å². The molecule has 36 heavy (non-hydrogen) atoms. The predicted molar refractivity (Wildman–Crippen MR) is 144 cm³/mol. The lowest BCUT2D eigenvalue weighted by Gasteiger charge is -2.38. The van der Waals surface area contributed by atoms with Gasteiger partial charge in [0.15, 0.2) is 0 Å². The first-order chi connectivity index (χ1) is 17.6. The van der Waals surface area contributed by atoms with E-state index in [1.54, 1.807) is 0 Å². The number of nitrogens with one attached hydrogen (secondary N) is 2. The van der Waals surface area contributed by atoms with Crippen molar-refractivity contribution >= 4 is 34.2 Å². The van der Waals surface area contributed by atoms with Crippen molar-refractivity contribution in [2.75, 3.05) is 44.2 Å². The van der Waals surface area contributed by atoms with Crippen LogP contribution in [0.25, 0.3) is 22.2 Å². The second-order valence-electron chi connectivity index (χ2n) is 9.50. The molecular formula is C28H29ClN6O. The highest BCUT2D eigenvalue weighted by molar-refractivity contribution is 6.30. The summed E-state index contributed by atoms with van der Waals surface area (Å²) in [6.07, 6.45) is 3.91. The minimum absolute atomic E-state index is 0.0749. The van der Waals surface area contributed by atoms with Gasteiger partial charge in [-0.05, 0) is 41.0 Å². The molecule has 0 spiro atoms. The molecule has 7 nitrogen and oxygen atoms in total. The van der Waals surface area contributed by atoms with E-state index in [4.69, 9.17) is 22.3 Å². The summed E-state index contributed by atoms with van der Waals surface area (Å²) in [5, 5.41) is 5.14. The van der Waals surface area contributed by atoms with Crippen LogP contribution in [0.2, 0.25) is 5.02 Å². The Morgan fingerprint density at radius 2 is 1.89 bits per heavy atom. The zero-order chi connectivity index (χ0) is 24.6. The van der Waals surface area contributed by atoms with Crippen molar-refractivity contribution in [1.82, 2.24) is 20.2 Å². The summed E-state index contributed by atoms with van der Waals surface area (Å²) in [7, 11) is 0. The van der Waals surface area contributed by atoms with E-state index in [9.17, 15) is 4.79 Å². The number of benzene rings is 2. The second-order valence-corrected chi connectivity index (χ2v) is 9.94. The predicted octanol–water partition coefficient (Wildman–Crippen LogP) is 3.92. The molecule has 0 bridgehead atoms. The number of hydrogen-bond acceptors (Lipinski definition) is 5. The number of pyridine rings is 1. The Balaban J connectivity index is 1.26. The fraction of sp³-hybridized carbons (Fsp3) is 0.286. The minimum atomic E-state index is -0.361. The topological polar surface area (TPSA) is 100 Å². The van der Waals surface area contributed by atoms with Crippen LogP contribution in [0, 0.1) is 0 Å². The highest BCUT2D eigenvalue weighted by Gasteiger charge is 2.30. The van der Waals surface area contributed by atoms with Gasteiger partial charge in [-0.15, -0.1) is 0 Å². The van der Waals surface area contributed by atoms with Crippen LogP contribution in [0.15, 0.2) is 67.0 Å². The zero-order valence-corrected chi connectivity index (χ0v) is 20.7. The van der Waals surface area contributed by atoms with E-state index >= 15 is 0 Å². The van der Waals surface area contributed by atoms with Gasteiger partial charge >= 0.3 is 0 Å². The molecule has 2 atom stereocenters. The quantitative estimate of drug-likeness (QED) is 0.348. The van der Waals surface area contributed by atoms with Crippen molar-refractivity contribution in [3.05, 3.63) is 83.1 Å². The summed E-state index contributed by atoms with van der Waals surface area (Å²) in [6, 6.07) is 18.7. The molecule has 0 radical (unpaired) electrons. The summed E-state index contributed by atoms with van der Waals surface area (Å²) in [4.78, 5) is 25.7. The number of halogens is 1. The molecule has 0 saturated carbocycles. The van der Waals surface area contributed by atoms with Crippen LogP contribution in [0.1, 0.15) is 23.1 Å². The summed E-state index contributed by atoms with van der Waals surface area (Å²) in [5.74, 6) is -0.286. The molecule has 0 aliphatic carbocycles. The lowest BCUT2D eigenvalue weighted by molar-refractivity contribution is -0.132. The monoisotopic (exact) mass is 500 g/mol. The number of nitrogens with two attached hydrogens (primary N) is 1. The molecule has 4 aromatic rings. The van der Waals surface area contributed by atoms with E-state index in [-0.39, 0.29) is 18.4 Å². The SMILES string of the molecule is NC[C@@H](C(=O)N1CCN(c2c(-c3cccc(C4CN4)c3)cnc3[nH]ccc23)CC1)c1ccc(Cl)cc1. The normalized spacial score (nSPS) is 18.4. The number of carbonyl (C=O) groups excluding carboxylic acids is 1. The van der Waals surface area contributed by atoms with Crippen LogP contribution in [0.4, 0.5) is 5.69 Å². The van der Waals surface area contributed by atoms with Gasteiger partial charge in [0.1, 0.15) is 5.65 Å². The van der Waals surface area contributed by atoms with Gasteiger partial charge in [-0.25, -0.2) is 4.98 Å². The number of aromatic amines is 1. The van der Waals surface area contributed by atoms with Crippen LogP contribution in [0.5, 0.6) is 0 Å². The Morgan fingerprint density at radius 3 is 2.61 bits per heavy atom. The Kier molecular flexibility index (Phi) is 6.13. The molecule has 2 aromatic carbocycles. The maximum atomic E-state index is 13.4. The first-order valence-electron chi connectivity index (χ1n) is 12.4. The van der Waals surface area contributed by atoms with Gasteiger partial charge < -0.3 is 25.8 Å². The number of carbonyl (C=O) groups is 1. The summed E-state index contributed by atoms with van der Waals surface area (Å²) < 4.78 is 0. The molecule has 1 amide bonds. The number of aromatic nitrogens is 2. The Labute approximate surface area is 215 Å². The number of rotatable bonds is 6. The van der Waals surface area contributed by atoms with Crippen molar-refractivity contribution in [2.45, 2.75) is 12.0 Å². The minimum Gasteiger partial charge on any atom is -0.367 e. The molecule has 1 unspecified atom stereocenters. The fourth-order valence-corrected chi connectivity index (χ4v) is 5.33. The first-order valence-corrected chi connectivity index (χ1v) is 12.8. The highest BCUT2D eigenvalue weighted by Crippen LogP contribution is 2.38. The van der Waals surface area contributed by atoms with Crippen molar-refractivity contribution in [3.8, 4) is 11.1 Å². The van der Waals surface area contributed by atoms with Crippen LogP contribution in [-0.2, 0) is 4.79 Å². The van der Waals surface area contributed by atoms with Gasteiger partial charge in [0.2, 0.25) is 5.91 Å². The molecule has 2 saturated heterocycles. The molecule has 6 rings (SSSR count). The largest absolute Gasteiger partial charge is 0.367 e. The molecular weight excluding hydrogens is 472 g/mol. The van der Waals surface area contributed by atoms with Crippen LogP contribution in [-0.4, -0.2) is 60.0 Å². The van der Waals surface area contributed by atoms with Crippen LogP contribution >= 0.6 is 11.6 Å². The standard InChI is InChI=1S/C28H29ClN6O/c29-21-6-4-18(5-7-21)23(15-30)28(36)35-12-10-34(11-13-35)26-22-8-9-31-27(22)33-16-24(26)19-2-1-3-20(14-19)25-17-32-25/h1-9,14,16,23,25,32H,10-13,15,17,30H2,(H,31,33)/t23-,25?/m1/s1. The van der Waals surface area contributed by atoms with E-state index in [1.165, 1.54) is 11.3 Å². The average Bonchev–Trinajstić information content (AvgIpc) is 3.66. The third-order valence-electron chi connectivity index (χ3n) is 7.28. The van der Waals surface area contributed by atoms with Crippen LogP contribution < -0.4 is 16.0 Å². The van der Waals surface area contributed by atoms with E-state index in [1.807, 2.05) is 41.6 Å². The molecule has 4 heterocycles. The molecule has 2 aliphatic rings. The summed E-state index contributed by atoms with van der Waals surface area (Å²) >= 11 is 6.04. The van der Waals surface area contributed by atoms with Gasteiger partial charge in [-0.2, -0.15) is 0 Å². The van der Waals surface area contributed by atoms with E-state index < -0.39 is 0 Å². The third kappa shape index (κ3) is 4.34. The maximum absolute atomic E-state index is 13.4. The van der Waals surface area contributed by atoms with E-state index in [2.05, 4.69) is 45.5 Å². The van der Waals surface area contributed by atoms with Crippen molar-refractivity contribution in [1.29, 1.82) is 0 Å². The number of hydrogen-bond donors (Lipinski definition) is 3. The van der Waals surface area contributed by atoms with Crippen molar-refractivity contribution < 1.29 is 4.79 Å². The number of nitrogens with zero attached hydrogens (tertiary/aromatic N) is 3.